The van der Waals surface area contributed by atoms with Crippen molar-refractivity contribution in [2.75, 3.05) is 5.75 Å². The van der Waals surface area contributed by atoms with Crippen molar-refractivity contribution in [3.63, 3.8) is 0 Å². The first-order valence-corrected chi connectivity index (χ1v) is 9.32. The van der Waals surface area contributed by atoms with Crippen LogP contribution in [0.3, 0.4) is 0 Å². The number of nitrogens with one attached hydrogen (secondary N) is 1. The third-order valence-corrected chi connectivity index (χ3v) is 7.25. The van der Waals surface area contributed by atoms with E-state index < -0.39 is 0 Å². The highest BCUT2D eigenvalue weighted by molar-refractivity contribution is 9.10. The second-order valence-electron chi connectivity index (χ2n) is 4.13. The molecule has 2 aromatic rings. The summed E-state index contributed by atoms with van der Waals surface area (Å²) in [6, 6.07) is 4.51. The molecule has 1 atom stereocenters. The second-order valence-corrected chi connectivity index (χ2v) is 8.21. The van der Waals surface area contributed by atoms with Gasteiger partial charge in [-0.15, -0.1) is 22.7 Å². The number of thioether (sulfide) groups is 1. The average Bonchev–Trinajstić information content (AvgIpc) is 2.97. The zero-order chi connectivity index (χ0) is 12.5. The Morgan fingerprint density at radius 3 is 3.00 bits per heavy atom. The Morgan fingerprint density at radius 2 is 2.33 bits per heavy atom. The summed E-state index contributed by atoms with van der Waals surface area (Å²) in [5.74, 6) is 8.15. The maximum atomic E-state index is 5.76. The Morgan fingerprint density at radius 1 is 1.44 bits per heavy atom. The van der Waals surface area contributed by atoms with Gasteiger partial charge in [0.1, 0.15) is 0 Å². The number of nitrogens with two attached hydrogens (primary N) is 1. The third-order valence-electron chi connectivity index (χ3n) is 3.00. The average molecular weight is 361 g/mol. The van der Waals surface area contributed by atoms with Gasteiger partial charge in [0.25, 0.3) is 0 Å². The molecule has 1 aliphatic heterocycles. The zero-order valence-electron chi connectivity index (χ0n) is 9.61. The van der Waals surface area contributed by atoms with Crippen LogP contribution < -0.4 is 11.3 Å². The topological polar surface area (TPSA) is 38.0 Å². The molecule has 0 aromatic carbocycles. The van der Waals surface area contributed by atoms with Crippen LogP contribution in [0.5, 0.6) is 0 Å². The molecular weight excluding hydrogens is 348 g/mol. The van der Waals surface area contributed by atoms with E-state index in [-0.39, 0.29) is 6.04 Å². The minimum atomic E-state index is 0.111. The number of thiophene rings is 2. The lowest BCUT2D eigenvalue weighted by Crippen LogP contribution is -2.27. The molecule has 0 saturated carbocycles. The number of halogens is 1. The van der Waals surface area contributed by atoms with Crippen LogP contribution >= 0.6 is 50.4 Å². The Labute approximate surface area is 127 Å². The van der Waals surface area contributed by atoms with Crippen LogP contribution in [0.15, 0.2) is 22.0 Å². The highest BCUT2D eigenvalue weighted by Crippen LogP contribution is 2.39. The quantitative estimate of drug-likeness (QED) is 0.643. The Kier molecular flexibility index (Phi) is 4.12. The summed E-state index contributed by atoms with van der Waals surface area (Å²) >= 11 is 9.25. The summed E-state index contributed by atoms with van der Waals surface area (Å²) in [6.45, 7) is 0. The Hall–Kier alpha value is 0.150. The predicted molar refractivity (Wildman–Crippen MR) is 85.4 cm³/mol. The van der Waals surface area contributed by atoms with E-state index in [2.05, 4.69) is 38.9 Å². The van der Waals surface area contributed by atoms with Crippen molar-refractivity contribution < 1.29 is 0 Å². The van der Waals surface area contributed by atoms with E-state index in [0.717, 1.165) is 10.2 Å². The van der Waals surface area contributed by atoms with Crippen molar-refractivity contribution >= 4 is 50.4 Å². The molecule has 2 nitrogen and oxygen atoms in total. The fraction of sp³-hybridized carbons (Fsp3) is 0.333. The van der Waals surface area contributed by atoms with Crippen molar-refractivity contribution in [3.05, 3.63) is 42.2 Å². The molecule has 0 fully saturated rings. The molecule has 1 aliphatic rings. The summed E-state index contributed by atoms with van der Waals surface area (Å²) in [7, 11) is 0. The first kappa shape index (κ1) is 13.1. The van der Waals surface area contributed by atoms with Crippen molar-refractivity contribution in [3.8, 4) is 0 Å². The summed E-state index contributed by atoms with van der Waals surface area (Å²) in [4.78, 5) is 4.12. The standard InChI is InChI=1S/C12H13BrN2S3/c13-8-1-4-17-12(8)11(15-14)10-5-7-6-16-3-2-9(7)18-10/h1,4-5,11,15H,2-3,6,14H2. The van der Waals surface area contributed by atoms with Crippen molar-refractivity contribution in [1.29, 1.82) is 0 Å². The van der Waals surface area contributed by atoms with Crippen LogP contribution in [0.2, 0.25) is 0 Å². The lowest BCUT2D eigenvalue weighted by atomic mass is 10.1. The minimum absolute atomic E-state index is 0.111. The summed E-state index contributed by atoms with van der Waals surface area (Å²) in [5.41, 5.74) is 4.45. The molecule has 0 amide bonds. The first-order valence-electron chi connectivity index (χ1n) is 5.68. The molecule has 6 heteroatoms. The summed E-state index contributed by atoms with van der Waals surface area (Å²) < 4.78 is 1.14. The van der Waals surface area contributed by atoms with E-state index in [1.807, 2.05) is 23.1 Å². The van der Waals surface area contributed by atoms with Gasteiger partial charge in [-0.3, -0.25) is 5.84 Å². The van der Waals surface area contributed by atoms with E-state index in [9.17, 15) is 0 Å². The predicted octanol–water partition coefficient (Wildman–Crippen LogP) is 3.91. The molecular formula is C12H13BrN2S3. The zero-order valence-corrected chi connectivity index (χ0v) is 13.6. The van der Waals surface area contributed by atoms with Gasteiger partial charge in [-0.05, 0) is 51.2 Å². The van der Waals surface area contributed by atoms with Gasteiger partial charge in [0.15, 0.2) is 0 Å². The highest BCUT2D eigenvalue weighted by Gasteiger charge is 2.22. The van der Waals surface area contributed by atoms with Gasteiger partial charge in [0.2, 0.25) is 0 Å². The first-order chi connectivity index (χ1) is 8.79. The van der Waals surface area contributed by atoms with E-state index in [1.165, 1.54) is 32.4 Å². The van der Waals surface area contributed by atoms with Crippen LogP contribution in [0.25, 0.3) is 0 Å². The lowest BCUT2D eigenvalue weighted by Gasteiger charge is -2.13. The number of fused-ring (bicyclic) bond motifs is 1. The number of hydrogen-bond acceptors (Lipinski definition) is 5. The molecule has 0 radical (unpaired) electrons. The van der Waals surface area contributed by atoms with E-state index in [4.69, 9.17) is 5.84 Å². The number of aryl methyl sites for hydroxylation is 1. The van der Waals surface area contributed by atoms with Gasteiger partial charge >= 0.3 is 0 Å². The fourth-order valence-electron chi connectivity index (χ4n) is 2.11. The maximum absolute atomic E-state index is 5.76. The number of rotatable bonds is 3. The normalized spacial score (nSPS) is 16.6. The molecule has 3 N–H and O–H groups in total. The summed E-state index contributed by atoms with van der Waals surface area (Å²) in [6.07, 6.45) is 1.20. The molecule has 2 aromatic heterocycles. The van der Waals surface area contributed by atoms with Gasteiger partial charge in [-0.1, -0.05) is 0 Å². The van der Waals surface area contributed by atoms with Crippen LogP contribution in [0.1, 0.15) is 26.2 Å². The van der Waals surface area contributed by atoms with E-state index in [0.29, 0.717) is 0 Å². The summed E-state index contributed by atoms with van der Waals surface area (Å²) in [5, 5.41) is 2.09. The number of hydrazine groups is 1. The molecule has 0 saturated heterocycles. The van der Waals surface area contributed by atoms with Gasteiger partial charge in [-0.25, -0.2) is 5.43 Å². The minimum Gasteiger partial charge on any atom is -0.271 e. The van der Waals surface area contributed by atoms with Crippen molar-refractivity contribution in [2.45, 2.75) is 18.2 Å². The van der Waals surface area contributed by atoms with Crippen LogP contribution in [-0.2, 0) is 12.2 Å². The molecule has 3 heterocycles. The monoisotopic (exact) mass is 360 g/mol. The Bertz CT molecular complexity index is 526. The van der Waals surface area contributed by atoms with Crippen LogP contribution in [0, 0.1) is 0 Å². The fourth-order valence-corrected chi connectivity index (χ4v) is 6.31. The maximum Gasteiger partial charge on any atom is 0.0906 e. The van der Waals surface area contributed by atoms with Crippen LogP contribution in [-0.4, -0.2) is 5.75 Å². The van der Waals surface area contributed by atoms with E-state index >= 15 is 0 Å². The van der Waals surface area contributed by atoms with E-state index in [1.54, 1.807) is 11.3 Å². The number of hydrogen-bond donors (Lipinski definition) is 2. The van der Waals surface area contributed by atoms with Gasteiger partial charge in [0.05, 0.1) is 6.04 Å². The molecule has 1 unspecified atom stereocenters. The smallest absolute Gasteiger partial charge is 0.0906 e. The largest absolute Gasteiger partial charge is 0.271 e. The van der Waals surface area contributed by atoms with Gasteiger partial charge in [0, 0.05) is 24.9 Å². The van der Waals surface area contributed by atoms with Gasteiger partial charge in [-0.2, -0.15) is 11.8 Å². The van der Waals surface area contributed by atoms with Crippen molar-refractivity contribution in [1.82, 2.24) is 5.43 Å². The molecule has 0 bridgehead atoms. The van der Waals surface area contributed by atoms with Crippen molar-refractivity contribution in [2.24, 2.45) is 5.84 Å². The van der Waals surface area contributed by atoms with Crippen LogP contribution in [0.4, 0.5) is 0 Å². The second kappa shape index (κ2) is 5.64. The molecule has 3 rings (SSSR count). The lowest BCUT2D eigenvalue weighted by molar-refractivity contribution is 0.654. The molecule has 18 heavy (non-hydrogen) atoms. The highest BCUT2D eigenvalue weighted by atomic mass is 79.9. The molecule has 0 spiro atoms. The third kappa shape index (κ3) is 2.42. The SMILES string of the molecule is NNC(c1cc2c(s1)CCSC2)c1sccc1Br. The molecule has 96 valence electrons. The van der Waals surface area contributed by atoms with Gasteiger partial charge < -0.3 is 0 Å². The Balaban J connectivity index is 1.97. The molecule has 0 aliphatic carbocycles.